The number of ether oxygens (including phenoxy) is 1. The van der Waals surface area contributed by atoms with E-state index in [0.717, 1.165) is 42.8 Å². The Bertz CT molecular complexity index is 439. The highest BCUT2D eigenvalue weighted by Crippen LogP contribution is 2.22. The molecule has 1 saturated heterocycles. The predicted octanol–water partition coefficient (Wildman–Crippen LogP) is 2.71. The highest BCUT2D eigenvalue weighted by Gasteiger charge is 2.20. The molecular formula is C15H24ClN3O. The second-order valence-corrected chi connectivity index (χ2v) is 6.15. The highest BCUT2D eigenvalue weighted by molar-refractivity contribution is 6.31. The quantitative estimate of drug-likeness (QED) is 0.907. The van der Waals surface area contributed by atoms with Crippen molar-refractivity contribution >= 4 is 17.4 Å². The van der Waals surface area contributed by atoms with Gasteiger partial charge in [0.15, 0.2) is 0 Å². The van der Waals surface area contributed by atoms with E-state index in [1.807, 2.05) is 12.1 Å². The summed E-state index contributed by atoms with van der Waals surface area (Å²) in [5, 5.41) is 4.12. The molecule has 0 spiro atoms. The summed E-state index contributed by atoms with van der Waals surface area (Å²) >= 11 is 6.24. The first kappa shape index (κ1) is 15.5. The summed E-state index contributed by atoms with van der Waals surface area (Å²) in [7, 11) is 0. The Morgan fingerprint density at radius 3 is 3.00 bits per heavy atom. The van der Waals surface area contributed by atoms with Crippen molar-refractivity contribution in [3.05, 3.63) is 22.8 Å². The SMILES string of the molecule is CC(C)CNCc1nc(N2CCOCC2C)ccc1Cl. The fourth-order valence-electron chi connectivity index (χ4n) is 2.30. The lowest BCUT2D eigenvalue weighted by molar-refractivity contribution is 0.0985. The largest absolute Gasteiger partial charge is 0.377 e. The molecule has 5 heteroatoms. The molecule has 0 radical (unpaired) electrons. The maximum atomic E-state index is 6.24. The molecule has 1 atom stereocenters. The van der Waals surface area contributed by atoms with Crippen LogP contribution in [-0.4, -0.2) is 37.3 Å². The smallest absolute Gasteiger partial charge is 0.129 e. The van der Waals surface area contributed by atoms with Crippen LogP contribution in [-0.2, 0) is 11.3 Å². The van der Waals surface area contributed by atoms with Gasteiger partial charge < -0.3 is 15.0 Å². The molecule has 0 aliphatic carbocycles. The number of halogens is 1. The molecule has 0 bridgehead atoms. The van der Waals surface area contributed by atoms with Gasteiger partial charge in [0, 0.05) is 13.1 Å². The van der Waals surface area contributed by atoms with Gasteiger partial charge in [-0.05, 0) is 31.5 Å². The standard InChI is InChI=1S/C15H24ClN3O/c1-11(2)8-17-9-14-13(16)4-5-15(18-14)19-6-7-20-10-12(19)3/h4-5,11-12,17H,6-10H2,1-3H3. The Labute approximate surface area is 126 Å². The Balaban J connectivity index is 2.07. The molecule has 112 valence electrons. The van der Waals surface area contributed by atoms with Crippen molar-refractivity contribution in [2.75, 3.05) is 31.2 Å². The van der Waals surface area contributed by atoms with Crippen LogP contribution in [0.25, 0.3) is 0 Å². The fraction of sp³-hybridized carbons (Fsp3) is 0.667. The summed E-state index contributed by atoms with van der Waals surface area (Å²) in [4.78, 5) is 7.00. The number of anilines is 1. The number of rotatable bonds is 5. The van der Waals surface area contributed by atoms with E-state index >= 15 is 0 Å². The van der Waals surface area contributed by atoms with Crippen molar-refractivity contribution in [1.29, 1.82) is 0 Å². The van der Waals surface area contributed by atoms with E-state index in [9.17, 15) is 0 Å². The molecule has 1 aromatic rings. The summed E-state index contributed by atoms with van der Waals surface area (Å²) < 4.78 is 5.47. The summed E-state index contributed by atoms with van der Waals surface area (Å²) in [6, 6.07) is 4.29. The molecule has 2 heterocycles. The average molecular weight is 298 g/mol. The number of pyridine rings is 1. The second kappa shape index (κ2) is 7.25. The Morgan fingerprint density at radius 1 is 1.50 bits per heavy atom. The first-order valence-electron chi connectivity index (χ1n) is 7.28. The lowest BCUT2D eigenvalue weighted by atomic mass is 10.2. The van der Waals surface area contributed by atoms with Crippen LogP contribution >= 0.6 is 11.6 Å². The molecule has 1 N–H and O–H groups in total. The van der Waals surface area contributed by atoms with Gasteiger partial charge in [-0.3, -0.25) is 0 Å². The molecule has 1 aliphatic heterocycles. The van der Waals surface area contributed by atoms with Crippen LogP contribution in [0.2, 0.25) is 5.02 Å². The van der Waals surface area contributed by atoms with Crippen molar-refractivity contribution in [2.45, 2.75) is 33.4 Å². The minimum absolute atomic E-state index is 0.355. The zero-order valence-electron chi connectivity index (χ0n) is 12.5. The maximum Gasteiger partial charge on any atom is 0.129 e. The van der Waals surface area contributed by atoms with Crippen LogP contribution in [0.1, 0.15) is 26.5 Å². The van der Waals surface area contributed by atoms with Gasteiger partial charge in [0.2, 0.25) is 0 Å². The first-order chi connectivity index (χ1) is 9.58. The van der Waals surface area contributed by atoms with Crippen molar-refractivity contribution in [2.24, 2.45) is 5.92 Å². The van der Waals surface area contributed by atoms with Crippen LogP contribution < -0.4 is 10.2 Å². The molecule has 4 nitrogen and oxygen atoms in total. The van der Waals surface area contributed by atoms with Crippen LogP contribution in [0.15, 0.2) is 12.1 Å². The van der Waals surface area contributed by atoms with Crippen molar-refractivity contribution in [3.63, 3.8) is 0 Å². The van der Waals surface area contributed by atoms with Gasteiger partial charge in [0.25, 0.3) is 0 Å². The van der Waals surface area contributed by atoms with Gasteiger partial charge >= 0.3 is 0 Å². The van der Waals surface area contributed by atoms with Gasteiger partial charge in [0.1, 0.15) is 5.82 Å². The zero-order chi connectivity index (χ0) is 14.5. The van der Waals surface area contributed by atoms with Crippen molar-refractivity contribution in [3.8, 4) is 0 Å². The van der Waals surface area contributed by atoms with Crippen molar-refractivity contribution in [1.82, 2.24) is 10.3 Å². The van der Waals surface area contributed by atoms with E-state index in [2.05, 4.69) is 31.0 Å². The third-order valence-electron chi connectivity index (χ3n) is 3.41. The Hall–Kier alpha value is -0.840. The molecule has 1 unspecified atom stereocenters. The second-order valence-electron chi connectivity index (χ2n) is 5.74. The zero-order valence-corrected chi connectivity index (χ0v) is 13.3. The van der Waals surface area contributed by atoms with Gasteiger partial charge in [-0.1, -0.05) is 25.4 Å². The number of nitrogens with one attached hydrogen (secondary N) is 1. The fourth-order valence-corrected chi connectivity index (χ4v) is 2.48. The lowest BCUT2D eigenvalue weighted by Gasteiger charge is -2.34. The van der Waals surface area contributed by atoms with E-state index in [4.69, 9.17) is 21.3 Å². The Morgan fingerprint density at radius 2 is 2.30 bits per heavy atom. The maximum absolute atomic E-state index is 6.24. The summed E-state index contributed by atoms with van der Waals surface area (Å²) in [6.45, 7) is 10.6. The first-order valence-corrected chi connectivity index (χ1v) is 7.66. The molecular weight excluding hydrogens is 274 g/mol. The predicted molar refractivity (Wildman–Crippen MR) is 83.4 cm³/mol. The lowest BCUT2D eigenvalue weighted by Crippen LogP contribution is -2.44. The molecule has 0 aromatic carbocycles. The van der Waals surface area contributed by atoms with E-state index in [-0.39, 0.29) is 0 Å². The third-order valence-corrected chi connectivity index (χ3v) is 3.75. The molecule has 1 fully saturated rings. The number of aromatic nitrogens is 1. The molecule has 1 aromatic heterocycles. The number of hydrogen-bond donors (Lipinski definition) is 1. The number of morpholine rings is 1. The molecule has 1 aliphatic rings. The monoisotopic (exact) mass is 297 g/mol. The molecule has 20 heavy (non-hydrogen) atoms. The minimum Gasteiger partial charge on any atom is -0.377 e. The van der Waals surface area contributed by atoms with E-state index in [1.165, 1.54) is 0 Å². The van der Waals surface area contributed by atoms with E-state index < -0.39 is 0 Å². The Kier molecular flexibility index (Phi) is 5.64. The minimum atomic E-state index is 0.355. The van der Waals surface area contributed by atoms with E-state index in [1.54, 1.807) is 0 Å². The van der Waals surface area contributed by atoms with Crippen molar-refractivity contribution < 1.29 is 4.74 Å². The molecule has 0 saturated carbocycles. The van der Waals surface area contributed by atoms with Crippen LogP contribution in [0.5, 0.6) is 0 Å². The third kappa shape index (κ3) is 4.08. The van der Waals surface area contributed by atoms with Gasteiger partial charge in [-0.15, -0.1) is 0 Å². The average Bonchev–Trinajstić information content (AvgIpc) is 2.41. The number of hydrogen-bond acceptors (Lipinski definition) is 4. The van der Waals surface area contributed by atoms with E-state index in [0.29, 0.717) is 18.5 Å². The van der Waals surface area contributed by atoms with Gasteiger partial charge in [-0.2, -0.15) is 0 Å². The summed E-state index contributed by atoms with van der Waals surface area (Å²) in [5.41, 5.74) is 0.920. The topological polar surface area (TPSA) is 37.4 Å². The van der Waals surface area contributed by atoms with Crippen LogP contribution in [0, 0.1) is 5.92 Å². The molecule has 0 amide bonds. The van der Waals surface area contributed by atoms with Crippen LogP contribution in [0.3, 0.4) is 0 Å². The highest BCUT2D eigenvalue weighted by atomic mass is 35.5. The summed E-state index contributed by atoms with van der Waals surface area (Å²) in [5.74, 6) is 1.61. The van der Waals surface area contributed by atoms with Gasteiger partial charge in [-0.25, -0.2) is 4.98 Å². The molecule has 2 rings (SSSR count). The van der Waals surface area contributed by atoms with Gasteiger partial charge in [0.05, 0.1) is 30.0 Å². The summed E-state index contributed by atoms with van der Waals surface area (Å²) in [6.07, 6.45) is 0. The normalized spacial score (nSPS) is 19.6. The van der Waals surface area contributed by atoms with Crippen LogP contribution in [0.4, 0.5) is 5.82 Å². The number of nitrogens with zero attached hydrogens (tertiary/aromatic N) is 2.